The summed E-state index contributed by atoms with van der Waals surface area (Å²) in [7, 11) is -0.606. The van der Waals surface area contributed by atoms with E-state index in [0.29, 0.717) is 27.0 Å². The van der Waals surface area contributed by atoms with Crippen molar-refractivity contribution in [2.75, 3.05) is 0 Å². The van der Waals surface area contributed by atoms with Crippen LogP contribution in [-0.4, -0.2) is 23.3 Å². The van der Waals surface area contributed by atoms with Crippen LogP contribution in [0.2, 0.25) is 0 Å². The number of benzene rings is 1. The quantitative estimate of drug-likeness (QED) is 0.749. The second-order valence-electron chi connectivity index (χ2n) is 6.33. The van der Waals surface area contributed by atoms with E-state index in [1.54, 1.807) is 18.2 Å². The summed E-state index contributed by atoms with van der Waals surface area (Å²) in [5.74, 6) is 0. The van der Waals surface area contributed by atoms with Crippen molar-refractivity contribution in [2.24, 2.45) is 0 Å². The first-order chi connectivity index (χ1) is 9.99. The summed E-state index contributed by atoms with van der Waals surface area (Å²) in [6, 6.07) is 4.95. The second-order valence-corrected chi connectivity index (χ2v) is 7.36. The van der Waals surface area contributed by atoms with Crippen molar-refractivity contribution in [2.45, 2.75) is 45.1 Å². The molecule has 1 aliphatic heterocycles. The number of fused-ring (bicyclic) bond motifs is 1. The van der Waals surface area contributed by atoms with Crippen LogP contribution >= 0.6 is 11.3 Å². The molecule has 0 N–H and O–H groups in total. The van der Waals surface area contributed by atoms with Crippen molar-refractivity contribution < 1.29 is 22.5 Å². The highest BCUT2D eigenvalue weighted by Crippen LogP contribution is 2.38. The fourth-order valence-corrected chi connectivity index (χ4v) is 3.00. The fraction of sp³-hybridized carbons (Fsp3) is 0.500. The lowest BCUT2D eigenvalue weighted by atomic mass is 9.79. The van der Waals surface area contributed by atoms with Gasteiger partial charge < -0.3 is 9.31 Å². The molecule has 1 aromatic carbocycles. The lowest BCUT2D eigenvalue weighted by molar-refractivity contribution is -0.137. The third-order valence-corrected chi connectivity index (χ3v) is 5.26. The highest BCUT2D eigenvalue weighted by molar-refractivity contribution is 7.18. The van der Waals surface area contributed by atoms with Crippen LogP contribution in [0, 0.1) is 0 Å². The van der Waals surface area contributed by atoms with Crippen LogP contribution in [0.25, 0.3) is 10.2 Å². The largest absolute Gasteiger partial charge is 0.494 e. The van der Waals surface area contributed by atoms with Gasteiger partial charge in [-0.1, -0.05) is 6.07 Å². The van der Waals surface area contributed by atoms with Gasteiger partial charge in [0.05, 0.1) is 21.4 Å². The Hall–Kier alpha value is -1.12. The van der Waals surface area contributed by atoms with Gasteiger partial charge in [0.15, 0.2) is 5.01 Å². The molecule has 3 nitrogen and oxygen atoms in total. The van der Waals surface area contributed by atoms with E-state index in [2.05, 4.69) is 4.98 Å². The van der Waals surface area contributed by atoms with Crippen LogP contribution in [0.3, 0.4) is 0 Å². The summed E-state index contributed by atoms with van der Waals surface area (Å²) >= 11 is 0.637. The lowest BCUT2D eigenvalue weighted by Crippen LogP contribution is -2.41. The topological polar surface area (TPSA) is 31.4 Å². The lowest BCUT2D eigenvalue weighted by Gasteiger charge is -2.32. The standard InChI is InChI=1S/C14H15BF3NO2S/c1-12(2)13(3,4)21-15(20-12)8-5-6-10-9(7-8)19-11(22-10)14(16,17)18/h5-7H,1-4H3. The summed E-state index contributed by atoms with van der Waals surface area (Å²) in [4.78, 5) is 3.67. The molecular formula is C14H15BF3NO2S. The second kappa shape index (κ2) is 4.69. The first-order valence-electron chi connectivity index (χ1n) is 6.83. The van der Waals surface area contributed by atoms with Crippen molar-refractivity contribution in [1.82, 2.24) is 4.98 Å². The van der Waals surface area contributed by atoms with E-state index in [0.717, 1.165) is 0 Å². The number of thiazole rings is 1. The number of hydrogen-bond acceptors (Lipinski definition) is 4. The van der Waals surface area contributed by atoms with Gasteiger partial charge in [-0.2, -0.15) is 13.2 Å². The van der Waals surface area contributed by atoms with Crippen molar-refractivity contribution in [3.63, 3.8) is 0 Å². The van der Waals surface area contributed by atoms with E-state index in [4.69, 9.17) is 9.31 Å². The highest BCUT2D eigenvalue weighted by atomic mass is 32.1. The molecule has 0 amide bonds. The third kappa shape index (κ3) is 2.53. The van der Waals surface area contributed by atoms with Gasteiger partial charge in [-0.25, -0.2) is 4.98 Å². The predicted octanol–water partition coefficient (Wildman–Crippen LogP) is 3.61. The molecule has 1 saturated heterocycles. The van der Waals surface area contributed by atoms with Crippen LogP contribution in [0.5, 0.6) is 0 Å². The van der Waals surface area contributed by atoms with Crippen LogP contribution < -0.4 is 5.46 Å². The Kier molecular flexibility index (Phi) is 3.36. The van der Waals surface area contributed by atoms with Crippen LogP contribution in [0.1, 0.15) is 32.7 Å². The fourth-order valence-electron chi connectivity index (χ4n) is 2.19. The number of halogens is 3. The van der Waals surface area contributed by atoms with Gasteiger partial charge in [-0.3, -0.25) is 0 Å². The Morgan fingerprint density at radius 3 is 2.23 bits per heavy atom. The maximum Gasteiger partial charge on any atom is 0.494 e. The Balaban J connectivity index is 1.97. The third-order valence-electron chi connectivity index (χ3n) is 4.18. The molecule has 0 bridgehead atoms. The molecule has 1 fully saturated rings. The molecule has 0 radical (unpaired) electrons. The van der Waals surface area contributed by atoms with Crippen LogP contribution in [-0.2, 0) is 15.5 Å². The SMILES string of the molecule is CC1(C)OB(c2ccc3sc(C(F)(F)F)nc3c2)OC1(C)C. The Bertz CT molecular complexity index is 710. The maximum atomic E-state index is 12.7. The first kappa shape index (κ1) is 15.8. The van der Waals surface area contributed by atoms with E-state index in [-0.39, 0.29) is 0 Å². The number of hydrogen-bond donors (Lipinski definition) is 0. The van der Waals surface area contributed by atoms with Gasteiger partial charge in [0, 0.05) is 0 Å². The molecule has 2 aromatic rings. The van der Waals surface area contributed by atoms with E-state index in [1.807, 2.05) is 27.7 Å². The Labute approximate surface area is 130 Å². The van der Waals surface area contributed by atoms with Crippen molar-refractivity contribution in [1.29, 1.82) is 0 Å². The van der Waals surface area contributed by atoms with Gasteiger partial charge in [0.25, 0.3) is 0 Å². The first-order valence-corrected chi connectivity index (χ1v) is 7.65. The zero-order valence-corrected chi connectivity index (χ0v) is 13.4. The molecule has 0 aliphatic carbocycles. The normalized spacial score (nSPS) is 20.8. The molecule has 2 heterocycles. The van der Waals surface area contributed by atoms with E-state index in [1.165, 1.54) is 0 Å². The molecule has 0 unspecified atom stereocenters. The maximum absolute atomic E-state index is 12.7. The minimum absolute atomic E-state index is 0.310. The van der Waals surface area contributed by atoms with Gasteiger partial charge in [0.2, 0.25) is 0 Å². The van der Waals surface area contributed by atoms with E-state index in [9.17, 15) is 13.2 Å². The summed E-state index contributed by atoms with van der Waals surface area (Å²) in [5.41, 5.74) is -0.00722. The van der Waals surface area contributed by atoms with E-state index < -0.39 is 29.5 Å². The monoisotopic (exact) mass is 329 g/mol. The summed E-state index contributed by atoms with van der Waals surface area (Å²) < 4.78 is 50.5. The number of aromatic nitrogens is 1. The number of nitrogens with zero attached hydrogens (tertiary/aromatic N) is 1. The molecule has 0 atom stereocenters. The highest BCUT2D eigenvalue weighted by Gasteiger charge is 2.51. The van der Waals surface area contributed by atoms with Gasteiger partial charge in [0.1, 0.15) is 0 Å². The Morgan fingerprint density at radius 1 is 1.09 bits per heavy atom. The van der Waals surface area contributed by atoms with Crippen molar-refractivity contribution in [3.05, 3.63) is 23.2 Å². The summed E-state index contributed by atoms with van der Waals surface area (Å²) in [6.45, 7) is 7.71. The van der Waals surface area contributed by atoms with Crippen molar-refractivity contribution >= 4 is 34.1 Å². The number of rotatable bonds is 1. The average Bonchev–Trinajstić information content (AvgIpc) is 2.87. The average molecular weight is 329 g/mol. The molecule has 1 aromatic heterocycles. The van der Waals surface area contributed by atoms with Crippen LogP contribution in [0.4, 0.5) is 13.2 Å². The molecule has 1 aliphatic rings. The molecule has 22 heavy (non-hydrogen) atoms. The predicted molar refractivity (Wildman–Crippen MR) is 80.3 cm³/mol. The van der Waals surface area contributed by atoms with Crippen LogP contribution in [0.15, 0.2) is 18.2 Å². The summed E-state index contributed by atoms with van der Waals surface area (Å²) in [5, 5.41) is -0.839. The van der Waals surface area contributed by atoms with Crippen molar-refractivity contribution in [3.8, 4) is 0 Å². The molecule has 118 valence electrons. The molecular weight excluding hydrogens is 314 g/mol. The number of alkyl halides is 3. The molecule has 0 saturated carbocycles. The minimum atomic E-state index is -4.42. The minimum Gasteiger partial charge on any atom is -0.399 e. The molecule has 8 heteroatoms. The molecule has 0 spiro atoms. The zero-order valence-electron chi connectivity index (χ0n) is 12.6. The van der Waals surface area contributed by atoms with E-state index >= 15 is 0 Å². The summed E-state index contributed by atoms with van der Waals surface area (Å²) in [6.07, 6.45) is -4.42. The zero-order chi connectivity index (χ0) is 16.3. The Morgan fingerprint density at radius 2 is 1.68 bits per heavy atom. The van der Waals surface area contributed by atoms with Gasteiger partial charge in [-0.15, -0.1) is 11.3 Å². The van der Waals surface area contributed by atoms with Gasteiger partial charge in [-0.05, 0) is 45.3 Å². The smallest absolute Gasteiger partial charge is 0.399 e. The molecule has 3 rings (SSSR count). The van der Waals surface area contributed by atoms with Gasteiger partial charge >= 0.3 is 13.3 Å².